The second-order valence-electron chi connectivity index (χ2n) is 4.34. The Bertz CT molecular complexity index is 599. The average molecular weight is 277 g/mol. The number of carbonyl (C=O) groups excluding carboxylic acids is 2. The minimum atomic E-state index is -0.443. The topological polar surface area (TPSA) is 46.2 Å². The molecule has 0 saturated carbocycles. The Morgan fingerprint density at radius 2 is 1.05 bits per heavy atom. The maximum atomic E-state index is 11.6. The highest BCUT2D eigenvalue weighted by Gasteiger charge is 2.00. The molecule has 0 radical (unpaired) electrons. The highest BCUT2D eigenvalue weighted by atomic mass is 16.2. The van der Waals surface area contributed by atoms with Gasteiger partial charge in [0, 0.05) is 12.2 Å². The minimum absolute atomic E-state index is 0.443. The second kappa shape index (κ2) is 7.60. The van der Waals surface area contributed by atoms with Gasteiger partial charge >= 0.3 is 0 Å². The molecule has 21 heavy (non-hydrogen) atoms. The first-order chi connectivity index (χ1) is 10.2. The molecule has 0 bridgehead atoms. The summed E-state index contributed by atoms with van der Waals surface area (Å²) >= 11 is 0. The lowest BCUT2D eigenvalue weighted by Gasteiger charge is -1.96. The van der Waals surface area contributed by atoms with Crippen LogP contribution in [0.15, 0.2) is 72.8 Å². The normalized spacial score (nSPS) is 10.9. The summed E-state index contributed by atoms with van der Waals surface area (Å²) in [7, 11) is 0. The molecule has 0 spiro atoms. The SMILES string of the molecule is O=C(/C=C/c1ccccc1)NC(=O)/C=C/c1ccccc1. The molecular formula is C18H15NO2. The Morgan fingerprint density at radius 3 is 1.43 bits per heavy atom. The quantitative estimate of drug-likeness (QED) is 0.873. The fraction of sp³-hybridized carbons (Fsp3) is 0. The van der Waals surface area contributed by atoms with Crippen LogP contribution in [0.3, 0.4) is 0 Å². The highest BCUT2D eigenvalue weighted by molar-refractivity contribution is 6.07. The van der Waals surface area contributed by atoms with Crippen molar-refractivity contribution in [3.05, 3.63) is 83.9 Å². The van der Waals surface area contributed by atoms with Crippen LogP contribution in [0.5, 0.6) is 0 Å². The highest BCUT2D eigenvalue weighted by Crippen LogP contribution is 2.01. The Balaban J connectivity index is 1.87. The van der Waals surface area contributed by atoms with Crippen molar-refractivity contribution in [1.29, 1.82) is 0 Å². The molecule has 0 unspecified atom stereocenters. The Kier molecular flexibility index (Phi) is 5.24. The molecular weight excluding hydrogens is 262 g/mol. The van der Waals surface area contributed by atoms with E-state index >= 15 is 0 Å². The maximum Gasteiger partial charge on any atom is 0.250 e. The van der Waals surface area contributed by atoms with Crippen LogP contribution in [-0.2, 0) is 9.59 Å². The number of imide groups is 1. The van der Waals surface area contributed by atoms with E-state index in [1.54, 1.807) is 12.2 Å². The lowest BCUT2D eigenvalue weighted by Crippen LogP contribution is -2.26. The van der Waals surface area contributed by atoms with Crippen molar-refractivity contribution in [2.24, 2.45) is 0 Å². The maximum absolute atomic E-state index is 11.6. The molecule has 0 aliphatic rings. The zero-order valence-corrected chi connectivity index (χ0v) is 11.4. The molecule has 0 heterocycles. The van der Waals surface area contributed by atoms with Crippen molar-refractivity contribution < 1.29 is 9.59 Å². The molecule has 0 saturated heterocycles. The van der Waals surface area contributed by atoms with E-state index in [1.807, 2.05) is 60.7 Å². The predicted octanol–water partition coefficient (Wildman–Crippen LogP) is 3.06. The van der Waals surface area contributed by atoms with Crippen molar-refractivity contribution in [3.63, 3.8) is 0 Å². The van der Waals surface area contributed by atoms with Gasteiger partial charge in [-0.25, -0.2) is 0 Å². The lowest BCUT2D eigenvalue weighted by atomic mass is 10.2. The molecule has 2 amide bonds. The summed E-state index contributed by atoms with van der Waals surface area (Å²) in [6, 6.07) is 18.8. The van der Waals surface area contributed by atoms with E-state index in [0.717, 1.165) is 11.1 Å². The van der Waals surface area contributed by atoms with Crippen LogP contribution in [0.4, 0.5) is 0 Å². The smallest absolute Gasteiger partial charge is 0.250 e. The molecule has 104 valence electrons. The molecule has 0 aliphatic heterocycles. The van der Waals surface area contributed by atoms with Gasteiger partial charge < -0.3 is 0 Å². The first kappa shape index (κ1) is 14.5. The van der Waals surface area contributed by atoms with Gasteiger partial charge in [-0.05, 0) is 23.3 Å². The molecule has 1 N–H and O–H groups in total. The molecule has 2 rings (SSSR count). The molecule has 2 aromatic carbocycles. The standard InChI is InChI=1S/C18H15NO2/c20-17(13-11-15-7-3-1-4-8-15)19-18(21)14-12-16-9-5-2-6-10-16/h1-14H,(H,19,20,21)/b13-11+,14-12+. The third kappa shape index (κ3) is 5.28. The summed E-state index contributed by atoms with van der Waals surface area (Å²) in [6.45, 7) is 0. The average Bonchev–Trinajstić information content (AvgIpc) is 2.53. The zero-order valence-electron chi connectivity index (χ0n) is 11.4. The van der Waals surface area contributed by atoms with Gasteiger partial charge in [0.1, 0.15) is 0 Å². The number of hydrogen-bond acceptors (Lipinski definition) is 2. The first-order valence-corrected chi connectivity index (χ1v) is 6.55. The summed E-state index contributed by atoms with van der Waals surface area (Å²) in [5.74, 6) is -0.886. The van der Waals surface area contributed by atoms with Gasteiger partial charge in [-0.15, -0.1) is 0 Å². The Labute approximate surface area is 123 Å². The van der Waals surface area contributed by atoms with Gasteiger partial charge in [0.25, 0.3) is 11.8 Å². The van der Waals surface area contributed by atoms with Gasteiger partial charge in [-0.1, -0.05) is 60.7 Å². The number of nitrogens with one attached hydrogen (secondary N) is 1. The van der Waals surface area contributed by atoms with Crippen molar-refractivity contribution in [2.45, 2.75) is 0 Å². The van der Waals surface area contributed by atoms with Crippen molar-refractivity contribution in [2.75, 3.05) is 0 Å². The summed E-state index contributed by atoms with van der Waals surface area (Å²) < 4.78 is 0. The summed E-state index contributed by atoms with van der Waals surface area (Å²) in [4.78, 5) is 23.2. The van der Waals surface area contributed by atoms with Crippen LogP contribution in [0, 0.1) is 0 Å². The molecule has 3 heteroatoms. The molecule has 0 fully saturated rings. The van der Waals surface area contributed by atoms with Gasteiger partial charge in [0.15, 0.2) is 0 Å². The van der Waals surface area contributed by atoms with Crippen LogP contribution in [0.1, 0.15) is 11.1 Å². The zero-order chi connectivity index (χ0) is 14.9. The summed E-state index contributed by atoms with van der Waals surface area (Å²) in [6.07, 6.45) is 5.99. The van der Waals surface area contributed by atoms with Crippen LogP contribution < -0.4 is 5.32 Å². The van der Waals surface area contributed by atoms with Crippen LogP contribution in [0.25, 0.3) is 12.2 Å². The second-order valence-corrected chi connectivity index (χ2v) is 4.34. The van der Waals surface area contributed by atoms with E-state index in [4.69, 9.17) is 0 Å². The van der Waals surface area contributed by atoms with E-state index in [9.17, 15) is 9.59 Å². The number of benzene rings is 2. The third-order valence-corrected chi connectivity index (χ3v) is 2.70. The van der Waals surface area contributed by atoms with Gasteiger partial charge in [-0.2, -0.15) is 0 Å². The monoisotopic (exact) mass is 277 g/mol. The molecule has 3 nitrogen and oxygen atoms in total. The number of amides is 2. The predicted molar refractivity (Wildman–Crippen MR) is 84.1 cm³/mol. The molecule has 0 aliphatic carbocycles. The van der Waals surface area contributed by atoms with Gasteiger partial charge in [-0.3, -0.25) is 14.9 Å². The summed E-state index contributed by atoms with van der Waals surface area (Å²) in [5.41, 5.74) is 1.81. The Morgan fingerprint density at radius 1 is 0.667 bits per heavy atom. The fourth-order valence-corrected chi connectivity index (χ4v) is 1.68. The van der Waals surface area contributed by atoms with Crippen LogP contribution in [-0.4, -0.2) is 11.8 Å². The first-order valence-electron chi connectivity index (χ1n) is 6.55. The van der Waals surface area contributed by atoms with Crippen LogP contribution in [0.2, 0.25) is 0 Å². The van der Waals surface area contributed by atoms with Gasteiger partial charge in [0.2, 0.25) is 0 Å². The van der Waals surface area contributed by atoms with E-state index in [2.05, 4.69) is 5.32 Å². The number of hydrogen-bond donors (Lipinski definition) is 1. The van der Waals surface area contributed by atoms with E-state index in [-0.39, 0.29) is 0 Å². The third-order valence-electron chi connectivity index (χ3n) is 2.70. The van der Waals surface area contributed by atoms with Crippen molar-refractivity contribution in [3.8, 4) is 0 Å². The van der Waals surface area contributed by atoms with Crippen molar-refractivity contribution in [1.82, 2.24) is 5.32 Å². The van der Waals surface area contributed by atoms with E-state index in [0.29, 0.717) is 0 Å². The van der Waals surface area contributed by atoms with Crippen molar-refractivity contribution >= 4 is 24.0 Å². The van der Waals surface area contributed by atoms with Crippen LogP contribution >= 0.6 is 0 Å². The lowest BCUT2D eigenvalue weighted by molar-refractivity contribution is -0.125. The van der Waals surface area contributed by atoms with Gasteiger partial charge in [0.05, 0.1) is 0 Å². The van der Waals surface area contributed by atoms with E-state index in [1.165, 1.54) is 12.2 Å². The summed E-state index contributed by atoms with van der Waals surface area (Å²) in [5, 5.41) is 2.27. The molecule has 2 aromatic rings. The Hall–Kier alpha value is -2.94. The largest absolute Gasteiger partial charge is 0.289 e. The van der Waals surface area contributed by atoms with E-state index < -0.39 is 11.8 Å². The number of rotatable bonds is 4. The molecule has 0 aromatic heterocycles. The minimum Gasteiger partial charge on any atom is -0.289 e. The molecule has 0 atom stereocenters. The fourth-order valence-electron chi connectivity index (χ4n) is 1.68. The number of carbonyl (C=O) groups is 2.